The molecule has 30 heavy (non-hydrogen) atoms. The highest BCUT2D eigenvalue weighted by molar-refractivity contribution is 9.10. The van der Waals surface area contributed by atoms with Crippen LogP contribution in [0.5, 0.6) is 0 Å². The molecule has 0 amide bonds. The predicted octanol–water partition coefficient (Wildman–Crippen LogP) is 6.99. The summed E-state index contributed by atoms with van der Waals surface area (Å²) >= 11 is 24.5. The molecule has 2 heterocycles. The first-order valence-corrected chi connectivity index (χ1v) is 10.7. The number of aromatic amines is 1. The van der Waals surface area contributed by atoms with Crippen LogP contribution >= 0.6 is 66.7 Å². The second-order valence-corrected chi connectivity index (χ2v) is 8.86. The highest BCUT2D eigenvalue weighted by Gasteiger charge is 2.10. The highest BCUT2D eigenvalue weighted by atomic mass is 79.9. The van der Waals surface area contributed by atoms with Crippen LogP contribution in [-0.2, 0) is 0 Å². The number of nitrogens with zero attached hydrogens (tertiary/aromatic N) is 3. The van der Waals surface area contributed by atoms with Crippen molar-refractivity contribution < 1.29 is 0 Å². The van der Waals surface area contributed by atoms with E-state index in [-0.39, 0.29) is 11.0 Å². The van der Waals surface area contributed by atoms with Gasteiger partial charge in [0, 0.05) is 32.1 Å². The van der Waals surface area contributed by atoms with E-state index in [1.165, 1.54) is 12.4 Å². The first-order chi connectivity index (χ1) is 14.3. The Bertz CT molecular complexity index is 1460. The van der Waals surface area contributed by atoms with Crippen LogP contribution in [0.3, 0.4) is 0 Å². The van der Waals surface area contributed by atoms with Gasteiger partial charge in [-0.3, -0.25) is 9.78 Å². The summed E-state index contributed by atoms with van der Waals surface area (Å²) in [6.45, 7) is 0. The Hall–Kier alpha value is -2.13. The minimum absolute atomic E-state index is 0.0802. The van der Waals surface area contributed by atoms with E-state index in [2.05, 4.69) is 41.8 Å². The Morgan fingerprint density at radius 3 is 2.13 bits per heavy atom. The number of hydrogen-bond acceptors (Lipinski definition) is 4. The number of benzene rings is 2. The Morgan fingerprint density at radius 2 is 1.50 bits per heavy atom. The minimum Gasteiger partial charge on any atom is -0.358 e. The Labute approximate surface area is 202 Å². The second-order valence-electron chi connectivity index (χ2n) is 5.83. The molecule has 2 aromatic heterocycles. The fourth-order valence-electron chi connectivity index (χ4n) is 2.61. The Morgan fingerprint density at radius 1 is 0.900 bits per heavy atom. The van der Waals surface area contributed by atoms with Gasteiger partial charge in [-0.15, -0.1) is 0 Å². The maximum atomic E-state index is 11.7. The monoisotopic (exact) mass is 582 g/mol. The summed E-state index contributed by atoms with van der Waals surface area (Å²) in [6.07, 6.45) is 2.79. The van der Waals surface area contributed by atoms with Crippen LogP contribution in [0.25, 0.3) is 21.8 Å². The lowest BCUT2D eigenvalue weighted by Gasteiger charge is -2.04. The van der Waals surface area contributed by atoms with Crippen LogP contribution in [0.4, 0.5) is 0 Å². The highest BCUT2D eigenvalue weighted by Crippen LogP contribution is 2.32. The molecule has 0 aliphatic carbocycles. The van der Waals surface area contributed by atoms with Gasteiger partial charge in [0.2, 0.25) is 5.43 Å². The van der Waals surface area contributed by atoms with E-state index >= 15 is 0 Å². The lowest BCUT2D eigenvalue weighted by molar-refractivity contribution is 1.34. The van der Waals surface area contributed by atoms with E-state index in [1.54, 1.807) is 24.3 Å². The lowest BCUT2D eigenvalue weighted by atomic mass is 10.1. The van der Waals surface area contributed by atoms with Crippen molar-refractivity contribution in [3.8, 4) is 12.1 Å². The summed E-state index contributed by atoms with van der Waals surface area (Å²) < 4.78 is 1.51. The zero-order valence-electron chi connectivity index (χ0n) is 14.6. The van der Waals surface area contributed by atoms with Crippen molar-refractivity contribution in [2.45, 2.75) is 0 Å². The third kappa shape index (κ3) is 4.46. The molecule has 0 spiro atoms. The average Bonchev–Trinajstić information content (AvgIpc) is 2.70. The Balaban J connectivity index is 0.000000171. The van der Waals surface area contributed by atoms with Crippen molar-refractivity contribution in [2.24, 2.45) is 0 Å². The van der Waals surface area contributed by atoms with Crippen molar-refractivity contribution in [2.75, 3.05) is 0 Å². The van der Waals surface area contributed by atoms with Crippen molar-refractivity contribution in [3.05, 3.63) is 82.0 Å². The van der Waals surface area contributed by atoms with Crippen molar-refractivity contribution in [1.82, 2.24) is 9.97 Å². The zero-order valence-corrected chi connectivity index (χ0v) is 20.0. The number of nitrogens with one attached hydrogen (secondary N) is 1. The van der Waals surface area contributed by atoms with Crippen LogP contribution < -0.4 is 5.43 Å². The normalized spacial score (nSPS) is 10.2. The molecule has 2 aromatic carbocycles. The number of hydrogen-bond donors (Lipinski definition) is 1. The van der Waals surface area contributed by atoms with Gasteiger partial charge in [-0.25, -0.2) is 0 Å². The molecule has 4 aromatic rings. The third-order valence-electron chi connectivity index (χ3n) is 3.97. The summed E-state index contributed by atoms with van der Waals surface area (Å²) in [5, 5.41) is 19.9. The van der Waals surface area contributed by atoms with E-state index in [1.807, 2.05) is 12.1 Å². The maximum Gasteiger partial charge on any atom is 0.207 e. The molecule has 0 saturated heterocycles. The van der Waals surface area contributed by atoms with Crippen LogP contribution in [0, 0.1) is 22.7 Å². The third-order valence-corrected chi connectivity index (χ3v) is 5.88. The number of rotatable bonds is 0. The molecular weight excluding hydrogens is 578 g/mol. The maximum absolute atomic E-state index is 11.7. The summed E-state index contributed by atoms with van der Waals surface area (Å²) in [6, 6.07) is 10.6. The van der Waals surface area contributed by atoms with Gasteiger partial charge in [0.15, 0.2) is 0 Å². The van der Waals surface area contributed by atoms with E-state index in [9.17, 15) is 4.79 Å². The van der Waals surface area contributed by atoms with E-state index < -0.39 is 0 Å². The predicted molar refractivity (Wildman–Crippen MR) is 126 cm³/mol. The number of H-pyrrole nitrogens is 1. The summed E-state index contributed by atoms with van der Waals surface area (Å²) in [5.41, 5.74) is 1.26. The number of aromatic nitrogens is 2. The van der Waals surface area contributed by atoms with Gasteiger partial charge in [0.05, 0.1) is 31.7 Å². The van der Waals surface area contributed by atoms with Gasteiger partial charge in [-0.2, -0.15) is 10.5 Å². The van der Waals surface area contributed by atoms with Gasteiger partial charge in [0.25, 0.3) is 0 Å². The fourth-order valence-corrected chi connectivity index (χ4v) is 4.57. The van der Waals surface area contributed by atoms with Gasteiger partial charge >= 0.3 is 0 Å². The summed E-state index contributed by atoms with van der Waals surface area (Å²) in [4.78, 5) is 18.7. The second kappa shape index (κ2) is 9.34. The fraction of sp³-hybridized carbons (Fsp3) is 0. The number of pyridine rings is 2. The molecule has 1 N–H and O–H groups in total. The first kappa shape index (κ1) is 22.6. The van der Waals surface area contributed by atoms with E-state index in [0.29, 0.717) is 46.9 Å². The van der Waals surface area contributed by atoms with Crippen LogP contribution in [0.1, 0.15) is 11.1 Å². The molecule has 0 unspecified atom stereocenters. The topological polar surface area (TPSA) is 93.3 Å². The van der Waals surface area contributed by atoms with Crippen LogP contribution in [0.15, 0.2) is 50.4 Å². The average molecular weight is 585 g/mol. The number of nitriles is 2. The lowest BCUT2D eigenvalue weighted by Crippen LogP contribution is -2.07. The largest absolute Gasteiger partial charge is 0.358 e. The minimum atomic E-state index is -0.311. The van der Waals surface area contributed by atoms with Crippen molar-refractivity contribution in [3.63, 3.8) is 0 Å². The number of halogens is 5. The molecule has 0 aliphatic heterocycles. The van der Waals surface area contributed by atoms with E-state index in [0.717, 1.165) is 4.47 Å². The SMILES string of the molecule is N#Cc1c[nH]c2c(Cl)cc(Br)cc2c1=O.N#Cc1cnc2c(Cl)cc(Br)cc2c1Cl. The molecule has 10 heteroatoms. The molecular formula is C20H7Br2Cl3N4O. The molecule has 0 saturated carbocycles. The van der Waals surface area contributed by atoms with Gasteiger partial charge in [-0.1, -0.05) is 66.7 Å². The molecule has 0 atom stereocenters. The Kier molecular flexibility index (Phi) is 7.02. The smallest absolute Gasteiger partial charge is 0.207 e. The molecule has 4 rings (SSSR count). The molecule has 0 bridgehead atoms. The molecule has 148 valence electrons. The zero-order chi connectivity index (χ0) is 22.0. The molecule has 0 aliphatic rings. The summed E-state index contributed by atoms with van der Waals surface area (Å²) in [5.74, 6) is 0. The van der Waals surface area contributed by atoms with Gasteiger partial charge < -0.3 is 4.98 Å². The van der Waals surface area contributed by atoms with Crippen molar-refractivity contribution in [1.29, 1.82) is 10.5 Å². The van der Waals surface area contributed by atoms with E-state index in [4.69, 9.17) is 45.3 Å². The number of fused-ring (bicyclic) bond motifs is 2. The van der Waals surface area contributed by atoms with Crippen LogP contribution in [0.2, 0.25) is 15.1 Å². The molecule has 0 fully saturated rings. The standard InChI is InChI=1S/C10H3BrCl2N2.C10H4BrClN2O/c11-6-1-7-9(13)5(3-14)4-15-10(7)8(12)2-6;11-6-1-7-9(8(12)2-6)14-4-5(3-13)10(7)15/h1-2,4H;1-2,4H,(H,14,15). The van der Waals surface area contributed by atoms with Crippen LogP contribution in [-0.4, -0.2) is 9.97 Å². The van der Waals surface area contributed by atoms with Gasteiger partial charge in [0.1, 0.15) is 17.7 Å². The summed E-state index contributed by atoms with van der Waals surface area (Å²) in [7, 11) is 0. The quantitative estimate of drug-likeness (QED) is 0.241. The first-order valence-electron chi connectivity index (χ1n) is 8.00. The van der Waals surface area contributed by atoms with Gasteiger partial charge in [-0.05, 0) is 24.3 Å². The molecule has 5 nitrogen and oxygen atoms in total. The molecule has 0 radical (unpaired) electrons. The van der Waals surface area contributed by atoms with Crippen molar-refractivity contribution >= 4 is 88.5 Å².